The van der Waals surface area contributed by atoms with E-state index in [4.69, 9.17) is 16.3 Å². The predicted octanol–water partition coefficient (Wildman–Crippen LogP) is 3.76. The second-order valence-electron chi connectivity index (χ2n) is 7.08. The first kappa shape index (κ1) is 23.4. The van der Waals surface area contributed by atoms with E-state index in [1.54, 1.807) is 36.4 Å². The summed E-state index contributed by atoms with van der Waals surface area (Å²) in [6.45, 7) is 1.95. The summed E-state index contributed by atoms with van der Waals surface area (Å²) in [5.41, 5.74) is 2.46. The number of anilines is 1. The number of carbonyl (C=O) groups excluding carboxylic acids is 3. The van der Waals surface area contributed by atoms with E-state index in [1.807, 2.05) is 19.1 Å². The molecule has 0 radical (unpaired) electrons. The van der Waals surface area contributed by atoms with Crippen LogP contribution < -0.4 is 10.6 Å². The lowest BCUT2D eigenvalue weighted by Crippen LogP contribution is -2.44. The van der Waals surface area contributed by atoms with Crippen molar-refractivity contribution in [2.24, 2.45) is 5.92 Å². The molecule has 164 valence electrons. The topological polar surface area (TPSA) is 108 Å². The second-order valence-corrected chi connectivity index (χ2v) is 8.50. The highest BCUT2D eigenvalue weighted by atomic mass is 35.5. The molecule has 2 aromatic carbocycles. The van der Waals surface area contributed by atoms with Crippen LogP contribution in [-0.4, -0.2) is 30.6 Å². The fraction of sp³-hybridized carbons (Fsp3) is 0.217. The monoisotopic (exact) mass is 469 g/mol. The van der Waals surface area contributed by atoms with E-state index < -0.39 is 23.7 Å². The van der Waals surface area contributed by atoms with Crippen LogP contribution in [0.1, 0.15) is 17.0 Å². The summed E-state index contributed by atoms with van der Waals surface area (Å²) in [5, 5.41) is 16.0. The summed E-state index contributed by atoms with van der Waals surface area (Å²) in [6, 6.07) is 16.0. The second kappa shape index (κ2) is 10.4. The third kappa shape index (κ3) is 5.31. The molecule has 32 heavy (non-hydrogen) atoms. The summed E-state index contributed by atoms with van der Waals surface area (Å²) in [7, 11) is 1.18. The molecule has 0 aliphatic carbocycles. The van der Waals surface area contributed by atoms with E-state index in [2.05, 4.69) is 16.7 Å². The number of halogens is 1. The maximum Gasteiger partial charge on any atom is 0.319 e. The fourth-order valence-electron chi connectivity index (χ4n) is 3.32. The number of nitriles is 1. The van der Waals surface area contributed by atoms with Crippen LogP contribution in [0.2, 0.25) is 5.02 Å². The summed E-state index contributed by atoms with van der Waals surface area (Å²) in [5.74, 6) is -3.78. The SMILES string of the molecule is COC(=O)[C@@H]1C(=O)NC(SCC(=O)Nc2ccc(C)cc2)=C(C#N)[C@H]1c1ccc(Cl)cc1. The van der Waals surface area contributed by atoms with Gasteiger partial charge in [-0.15, -0.1) is 0 Å². The van der Waals surface area contributed by atoms with Gasteiger partial charge >= 0.3 is 5.97 Å². The number of esters is 1. The van der Waals surface area contributed by atoms with Gasteiger partial charge < -0.3 is 15.4 Å². The molecule has 0 bridgehead atoms. The summed E-state index contributed by atoms with van der Waals surface area (Å²) < 4.78 is 4.81. The van der Waals surface area contributed by atoms with E-state index in [0.29, 0.717) is 16.3 Å². The number of nitrogens with one attached hydrogen (secondary N) is 2. The van der Waals surface area contributed by atoms with Crippen LogP contribution in [0.15, 0.2) is 59.1 Å². The number of rotatable bonds is 6. The van der Waals surface area contributed by atoms with Gasteiger partial charge in [0.1, 0.15) is 5.92 Å². The first-order valence-electron chi connectivity index (χ1n) is 9.61. The van der Waals surface area contributed by atoms with E-state index >= 15 is 0 Å². The molecule has 0 saturated heterocycles. The molecule has 2 atom stereocenters. The number of ether oxygens (including phenoxy) is 1. The molecular formula is C23H20ClN3O4S. The van der Waals surface area contributed by atoms with E-state index in [0.717, 1.165) is 17.3 Å². The van der Waals surface area contributed by atoms with Crippen LogP contribution in [0.25, 0.3) is 0 Å². The molecule has 0 aromatic heterocycles. The average Bonchev–Trinajstić information content (AvgIpc) is 2.78. The van der Waals surface area contributed by atoms with Crippen LogP contribution in [0.3, 0.4) is 0 Å². The Hall–Kier alpha value is -3.28. The number of amides is 2. The van der Waals surface area contributed by atoms with E-state index in [-0.39, 0.29) is 22.3 Å². The van der Waals surface area contributed by atoms with Gasteiger partial charge in [-0.3, -0.25) is 14.4 Å². The van der Waals surface area contributed by atoms with Gasteiger partial charge in [0.05, 0.1) is 29.5 Å². The quantitative estimate of drug-likeness (QED) is 0.492. The summed E-state index contributed by atoms with van der Waals surface area (Å²) in [6.07, 6.45) is 0. The summed E-state index contributed by atoms with van der Waals surface area (Å²) in [4.78, 5) is 37.6. The maximum atomic E-state index is 12.8. The zero-order valence-electron chi connectivity index (χ0n) is 17.3. The molecule has 2 amide bonds. The number of hydrogen-bond acceptors (Lipinski definition) is 6. The highest BCUT2D eigenvalue weighted by molar-refractivity contribution is 8.03. The lowest BCUT2D eigenvalue weighted by molar-refractivity contribution is -0.150. The van der Waals surface area contributed by atoms with Gasteiger partial charge in [-0.25, -0.2) is 0 Å². The van der Waals surface area contributed by atoms with E-state index in [9.17, 15) is 19.6 Å². The lowest BCUT2D eigenvalue weighted by atomic mass is 9.78. The third-order valence-electron chi connectivity index (χ3n) is 4.90. The van der Waals surface area contributed by atoms with E-state index in [1.165, 1.54) is 7.11 Å². The number of thioether (sulfide) groups is 1. The van der Waals surface area contributed by atoms with Crippen molar-refractivity contribution in [1.82, 2.24) is 5.32 Å². The normalized spacial score (nSPS) is 17.9. The first-order valence-corrected chi connectivity index (χ1v) is 11.0. The van der Waals surface area contributed by atoms with Crippen LogP contribution in [-0.2, 0) is 19.1 Å². The van der Waals surface area contributed by atoms with Gasteiger partial charge in [0, 0.05) is 16.6 Å². The Labute approximate surface area is 194 Å². The van der Waals surface area contributed by atoms with Crippen LogP contribution in [0, 0.1) is 24.2 Å². The van der Waals surface area contributed by atoms with Crippen molar-refractivity contribution >= 4 is 46.8 Å². The lowest BCUT2D eigenvalue weighted by Gasteiger charge is -2.30. The molecule has 9 heteroatoms. The Morgan fingerprint density at radius 2 is 1.84 bits per heavy atom. The Morgan fingerprint density at radius 1 is 1.19 bits per heavy atom. The van der Waals surface area contributed by atoms with Crippen molar-refractivity contribution in [3.63, 3.8) is 0 Å². The number of carbonyl (C=O) groups is 3. The van der Waals surface area contributed by atoms with Gasteiger partial charge in [-0.1, -0.05) is 53.2 Å². The molecular weight excluding hydrogens is 450 g/mol. The number of benzene rings is 2. The Morgan fingerprint density at radius 3 is 2.44 bits per heavy atom. The highest BCUT2D eigenvalue weighted by Crippen LogP contribution is 2.40. The molecule has 2 aromatic rings. The van der Waals surface area contributed by atoms with Gasteiger partial charge in [0.15, 0.2) is 0 Å². The molecule has 0 saturated carbocycles. The zero-order chi connectivity index (χ0) is 23.3. The van der Waals surface area contributed by atoms with Crippen LogP contribution >= 0.6 is 23.4 Å². The van der Waals surface area contributed by atoms with Crippen molar-refractivity contribution in [3.8, 4) is 6.07 Å². The smallest absolute Gasteiger partial charge is 0.319 e. The maximum absolute atomic E-state index is 12.8. The number of methoxy groups -OCH3 is 1. The van der Waals surface area contributed by atoms with Crippen molar-refractivity contribution in [1.29, 1.82) is 5.26 Å². The molecule has 0 spiro atoms. The molecule has 1 heterocycles. The number of nitrogens with zero attached hydrogens (tertiary/aromatic N) is 1. The minimum atomic E-state index is -1.23. The number of hydrogen-bond donors (Lipinski definition) is 2. The minimum absolute atomic E-state index is 0.0368. The zero-order valence-corrected chi connectivity index (χ0v) is 18.9. The Balaban J connectivity index is 1.87. The molecule has 2 N–H and O–H groups in total. The Kier molecular flexibility index (Phi) is 7.57. The van der Waals surface area contributed by atoms with Gasteiger partial charge in [-0.05, 0) is 36.8 Å². The predicted molar refractivity (Wildman–Crippen MR) is 123 cm³/mol. The average molecular weight is 470 g/mol. The van der Waals surface area contributed by atoms with Crippen molar-refractivity contribution in [2.45, 2.75) is 12.8 Å². The van der Waals surface area contributed by atoms with Gasteiger partial charge in [0.25, 0.3) is 0 Å². The van der Waals surface area contributed by atoms with Crippen LogP contribution in [0.5, 0.6) is 0 Å². The summed E-state index contributed by atoms with van der Waals surface area (Å²) >= 11 is 6.99. The molecule has 0 unspecified atom stereocenters. The molecule has 1 aliphatic rings. The van der Waals surface area contributed by atoms with Crippen LogP contribution in [0.4, 0.5) is 5.69 Å². The third-order valence-corrected chi connectivity index (χ3v) is 6.16. The standard InChI is InChI=1S/C23H20ClN3O4S/c1-13-3-9-16(10-4-13)26-18(28)12-32-22-17(11-25)19(14-5-7-15(24)8-6-14)20(21(29)27-22)23(30)31-2/h3-10,19-20H,12H2,1-2H3,(H,26,28)(H,27,29)/t19-,20+/m1/s1. The number of aryl methyl sites for hydroxylation is 1. The largest absolute Gasteiger partial charge is 0.468 e. The van der Waals surface area contributed by atoms with Gasteiger partial charge in [0.2, 0.25) is 11.8 Å². The van der Waals surface area contributed by atoms with Crippen molar-refractivity contribution < 1.29 is 19.1 Å². The first-order chi connectivity index (χ1) is 15.3. The highest BCUT2D eigenvalue weighted by Gasteiger charge is 2.44. The Bertz CT molecular complexity index is 1110. The molecule has 7 nitrogen and oxygen atoms in total. The minimum Gasteiger partial charge on any atom is -0.468 e. The number of allylic oxidation sites excluding steroid dienone is 1. The van der Waals surface area contributed by atoms with Crippen molar-refractivity contribution in [3.05, 3.63) is 75.3 Å². The van der Waals surface area contributed by atoms with Gasteiger partial charge in [-0.2, -0.15) is 5.26 Å². The van der Waals surface area contributed by atoms with Crippen molar-refractivity contribution in [2.75, 3.05) is 18.2 Å². The molecule has 3 rings (SSSR count). The molecule has 1 aliphatic heterocycles. The fourth-order valence-corrected chi connectivity index (χ4v) is 4.30. The molecule has 0 fully saturated rings.